The minimum absolute atomic E-state index is 0.135. The van der Waals surface area contributed by atoms with Gasteiger partial charge in [-0.15, -0.1) is 0 Å². The molecule has 1 aliphatic heterocycles. The van der Waals surface area contributed by atoms with Crippen LogP contribution in [0.15, 0.2) is 62.2 Å². The topological polar surface area (TPSA) is 59.8 Å². The van der Waals surface area contributed by atoms with Crippen LogP contribution in [0.2, 0.25) is 0 Å². The van der Waals surface area contributed by atoms with Crippen molar-refractivity contribution in [3.05, 3.63) is 80.1 Å². The molecule has 1 aliphatic rings. The standard InChI is InChI=1S/C23H22BrNO4/c1-14(2)28-12-6-11-25-20(15-7-5-8-16(24)13-15)19-21(26)17-9-3-4-10-18(17)29-22(19)23(25)27/h3-5,7-10,13-14,20H,6,11-12H2,1-2H3/t20-/m0/s1. The van der Waals surface area contributed by atoms with Gasteiger partial charge in [-0.25, -0.2) is 0 Å². The van der Waals surface area contributed by atoms with Crippen LogP contribution in [0.1, 0.15) is 48.0 Å². The van der Waals surface area contributed by atoms with E-state index in [4.69, 9.17) is 9.15 Å². The minimum Gasteiger partial charge on any atom is -0.450 e. The van der Waals surface area contributed by atoms with Gasteiger partial charge in [-0.05, 0) is 50.1 Å². The Kier molecular flexibility index (Phi) is 5.56. The fourth-order valence-corrected chi connectivity index (χ4v) is 4.19. The van der Waals surface area contributed by atoms with Crippen molar-refractivity contribution in [3.63, 3.8) is 0 Å². The summed E-state index contributed by atoms with van der Waals surface area (Å²) >= 11 is 3.50. The van der Waals surface area contributed by atoms with Crippen molar-refractivity contribution < 1.29 is 13.9 Å². The van der Waals surface area contributed by atoms with E-state index in [0.717, 1.165) is 10.0 Å². The highest BCUT2D eigenvalue weighted by Gasteiger charge is 2.42. The molecule has 0 saturated carbocycles. The van der Waals surface area contributed by atoms with Crippen LogP contribution in [-0.4, -0.2) is 30.1 Å². The molecule has 1 aromatic heterocycles. The van der Waals surface area contributed by atoms with Gasteiger partial charge in [-0.3, -0.25) is 9.59 Å². The highest BCUT2D eigenvalue weighted by molar-refractivity contribution is 9.10. The number of para-hydroxylation sites is 1. The summed E-state index contributed by atoms with van der Waals surface area (Å²) in [6.07, 6.45) is 0.812. The monoisotopic (exact) mass is 455 g/mol. The first-order valence-electron chi connectivity index (χ1n) is 9.71. The van der Waals surface area contributed by atoms with Crippen LogP contribution in [0.5, 0.6) is 0 Å². The van der Waals surface area contributed by atoms with E-state index < -0.39 is 6.04 Å². The maximum absolute atomic E-state index is 13.3. The van der Waals surface area contributed by atoms with Crippen molar-refractivity contribution in [3.8, 4) is 0 Å². The summed E-state index contributed by atoms with van der Waals surface area (Å²) in [4.78, 5) is 28.3. The molecule has 0 radical (unpaired) electrons. The van der Waals surface area contributed by atoms with E-state index in [2.05, 4.69) is 15.9 Å². The normalized spacial score (nSPS) is 16.1. The molecule has 2 heterocycles. The van der Waals surface area contributed by atoms with E-state index in [1.165, 1.54) is 0 Å². The summed E-state index contributed by atoms with van der Waals surface area (Å²) in [6.45, 7) is 4.99. The van der Waals surface area contributed by atoms with Gasteiger partial charge in [0.25, 0.3) is 5.91 Å². The maximum atomic E-state index is 13.3. The Morgan fingerprint density at radius 3 is 2.69 bits per heavy atom. The van der Waals surface area contributed by atoms with Gasteiger partial charge in [-0.1, -0.05) is 40.2 Å². The van der Waals surface area contributed by atoms with Crippen LogP contribution in [-0.2, 0) is 4.74 Å². The smallest absolute Gasteiger partial charge is 0.290 e. The van der Waals surface area contributed by atoms with Gasteiger partial charge < -0.3 is 14.1 Å². The zero-order valence-electron chi connectivity index (χ0n) is 16.4. The lowest BCUT2D eigenvalue weighted by molar-refractivity contribution is 0.0593. The molecule has 0 saturated heterocycles. The van der Waals surface area contributed by atoms with E-state index in [1.54, 1.807) is 29.2 Å². The summed E-state index contributed by atoms with van der Waals surface area (Å²) in [5, 5.41) is 0.490. The number of nitrogens with zero attached hydrogens (tertiary/aromatic N) is 1. The van der Waals surface area contributed by atoms with Crippen molar-refractivity contribution in [2.75, 3.05) is 13.2 Å². The number of carbonyl (C=O) groups excluding carboxylic acids is 1. The molecule has 4 rings (SSSR count). The third-order valence-corrected chi connectivity index (χ3v) is 5.53. The SMILES string of the molecule is CC(C)OCCCN1C(=O)c2oc3ccccc3c(=O)c2[C@@H]1c1cccc(Br)c1. The second-order valence-corrected chi connectivity index (χ2v) is 8.32. The van der Waals surface area contributed by atoms with Crippen molar-refractivity contribution in [1.29, 1.82) is 0 Å². The second-order valence-electron chi connectivity index (χ2n) is 7.40. The lowest BCUT2D eigenvalue weighted by Crippen LogP contribution is -2.31. The lowest BCUT2D eigenvalue weighted by atomic mass is 9.98. The van der Waals surface area contributed by atoms with E-state index in [9.17, 15) is 9.59 Å². The molecule has 1 atom stereocenters. The fraction of sp³-hybridized carbons (Fsp3) is 0.304. The van der Waals surface area contributed by atoms with E-state index in [1.807, 2.05) is 38.1 Å². The molecular weight excluding hydrogens is 434 g/mol. The average Bonchev–Trinajstić information content (AvgIpc) is 2.98. The number of halogens is 1. The van der Waals surface area contributed by atoms with E-state index >= 15 is 0 Å². The van der Waals surface area contributed by atoms with Crippen LogP contribution < -0.4 is 5.43 Å². The predicted octanol–water partition coefficient (Wildman–Crippen LogP) is 4.92. The molecule has 2 aromatic carbocycles. The summed E-state index contributed by atoms with van der Waals surface area (Å²) in [6, 6.07) is 14.3. The highest BCUT2D eigenvalue weighted by Crippen LogP contribution is 2.38. The van der Waals surface area contributed by atoms with Crippen LogP contribution in [0, 0.1) is 0 Å². The fourth-order valence-electron chi connectivity index (χ4n) is 3.77. The molecule has 29 heavy (non-hydrogen) atoms. The number of amides is 1. The summed E-state index contributed by atoms with van der Waals surface area (Å²) in [5.74, 6) is -0.110. The number of fused-ring (bicyclic) bond motifs is 2. The molecule has 150 valence electrons. The number of benzene rings is 2. The third kappa shape index (κ3) is 3.74. The lowest BCUT2D eigenvalue weighted by Gasteiger charge is -2.25. The summed E-state index contributed by atoms with van der Waals surface area (Å²) in [5.41, 5.74) is 1.57. The molecule has 0 N–H and O–H groups in total. The predicted molar refractivity (Wildman–Crippen MR) is 115 cm³/mol. The summed E-state index contributed by atoms with van der Waals surface area (Å²) < 4.78 is 12.4. The van der Waals surface area contributed by atoms with Gasteiger partial charge in [0.15, 0.2) is 5.43 Å². The quantitative estimate of drug-likeness (QED) is 0.495. The van der Waals surface area contributed by atoms with Crippen LogP contribution in [0.3, 0.4) is 0 Å². The Labute approximate surface area is 177 Å². The Morgan fingerprint density at radius 2 is 1.93 bits per heavy atom. The molecule has 0 bridgehead atoms. The van der Waals surface area contributed by atoms with Crippen molar-refractivity contribution in [2.45, 2.75) is 32.4 Å². The molecule has 0 unspecified atom stereocenters. The molecule has 0 aliphatic carbocycles. The first-order valence-corrected chi connectivity index (χ1v) is 10.5. The molecule has 0 spiro atoms. The number of rotatable bonds is 6. The largest absolute Gasteiger partial charge is 0.450 e. The zero-order valence-corrected chi connectivity index (χ0v) is 17.9. The van der Waals surface area contributed by atoms with Gasteiger partial charge in [0.1, 0.15) is 5.58 Å². The third-order valence-electron chi connectivity index (χ3n) is 5.03. The van der Waals surface area contributed by atoms with Gasteiger partial charge in [0.05, 0.1) is 23.1 Å². The Morgan fingerprint density at radius 1 is 1.14 bits per heavy atom. The van der Waals surface area contributed by atoms with Gasteiger partial charge >= 0.3 is 0 Å². The number of hydrogen-bond donors (Lipinski definition) is 0. The summed E-state index contributed by atoms with van der Waals surface area (Å²) in [7, 11) is 0. The molecule has 6 heteroatoms. The molecule has 0 fully saturated rings. The highest BCUT2D eigenvalue weighted by atomic mass is 79.9. The van der Waals surface area contributed by atoms with Crippen LogP contribution in [0.4, 0.5) is 0 Å². The zero-order chi connectivity index (χ0) is 20.5. The molecule has 1 amide bonds. The Balaban J connectivity index is 1.81. The number of ether oxygens (including phenoxy) is 1. The van der Waals surface area contributed by atoms with Gasteiger partial charge in [0.2, 0.25) is 5.76 Å². The maximum Gasteiger partial charge on any atom is 0.290 e. The van der Waals surface area contributed by atoms with Crippen molar-refractivity contribution in [2.24, 2.45) is 0 Å². The molecular formula is C23H22BrNO4. The number of carbonyl (C=O) groups is 1. The molecule has 5 nitrogen and oxygen atoms in total. The second kappa shape index (κ2) is 8.13. The number of hydrogen-bond acceptors (Lipinski definition) is 4. The van der Waals surface area contributed by atoms with Crippen molar-refractivity contribution >= 4 is 32.8 Å². The van der Waals surface area contributed by atoms with Gasteiger partial charge in [-0.2, -0.15) is 0 Å². The van der Waals surface area contributed by atoms with Crippen LogP contribution >= 0.6 is 15.9 Å². The van der Waals surface area contributed by atoms with E-state index in [0.29, 0.717) is 36.1 Å². The Hall–Kier alpha value is -2.44. The molecule has 3 aromatic rings. The minimum atomic E-state index is -0.477. The van der Waals surface area contributed by atoms with E-state index in [-0.39, 0.29) is 23.2 Å². The van der Waals surface area contributed by atoms with Gasteiger partial charge in [0, 0.05) is 17.6 Å². The van der Waals surface area contributed by atoms with Crippen molar-refractivity contribution in [1.82, 2.24) is 4.90 Å². The van der Waals surface area contributed by atoms with Crippen LogP contribution in [0.25, 0.3) is 11.0 Å². The average molecular weight is 456 g/mol. The first-order chi connectivity index (χ1) is 14.0. The first kappa shape index (κ1) is 19.9. The Bertz CT molecular complexity index is 1120.